The lowest BCUT2D eigenvalue weighted by Gasteiger charge is -2.29. The maximum atomic E-state index is 13.7. The van der Waals surface area contributed by atoms with E-state index in [1.807, 2.05) is 35.4 Å². The molecule has 0 atom stereocenters. The van der Waals surface area contributed by atoms with E-state index < -0.39 is 0 Å². The summed E-state index contributed by atoms with van der Waals surface area (Å²) in [6.07, 6.45) is 10.5. The van der Waals surface area contributed by atoms with Gasteiger partial charge in [0.25, 0.3) is 11.5 Å². The maximum Gasteiger partial charge on any atom is 0.274 e. The molecule has 1 aliphatic heterocycles. The summed E-state index contributed by atoms with van der Waals surface area (Å²) in [4.78, 5) is 38.9. The number of nitrogens with one attached hydrogen (secondary N) is 1. The standard InChI is InChI=1S/C28H27N5O2S/c1-17-19(18-14-22(27(34)32(2)15-18)31-25-10-12-29-16-30-25)7-5-8-23(17)33-13-11-21-20-6-3-4-9-24(20)36-26(21)28(33)35/h5,7-8,10,12,14-16H,3-4,6,9,11,13H2,1-2H3,(H,29,30,31). The number of benzene rings is 1. The Morgan fingerprint density at radius 2 is 1.92 bits per heavy atom. The monoisotopic (exact) mass is 497 g/mol. The minimum atomic E-state index is -0.147. The fourth-order valence-electron chi connectivity index (χ4n) is 5.43. The summed E-state index contributed by atoms with van der Waals surface area (Å²) in [5, 5.41) is 3.11. The smallest absolute Gasteiger partial charge is 0.274 e. The topological polar surface area (TPSA) is 80.1 Å². The van der Waals surface area contributed by atoms with Gasteiger partial charge in [-0.05, 0) is 79.5 Å². The Morgan fingerprint density at radius 3 is 2.75 bits per heavy atom. The van der Waals surface area contributed by atoms with Crippen molar-refractivity contribution in [2.75, 3.05) is 16.8 Å². The molecule has 0 saturated heterocycles. The van der Waals surface area contributed by atoms with E-state index in [1.54, 1.807) is 35.2 Å². The maximum absolute atomic E-state index is 13.7. The second kappa shape index (κ2) is 9.02. The minimum absolute atomic E-state index is 0.113. The molecule has 0 unspecified atom stereocenters. The van der Waals surface area contributed by atoms with Gasteiger partial charge >= 0.3 is 0 Å². The zero-order chi connectivity index (χ0) is 24.8. The molecule has 2 aliphatic rings. The van der Waals surface area contributed by atoms with E-state index in [9.17, 15) is 9.59 Å². The highest BCUT2D eigenvalue weighted by Crippen LogP contribution is 2.40. The first-order valence-electron chi connectivity index (χ1n) is 12.3. The molecule has 4 aromatic rings. The molecule has 7 nitrogen and oxygen atoms in total. The summed E-state index contributed by atoms with van der Waals surface area (Å²) in [5.41, 5.74) is 6.85. The number of aryl methyl sites for hydroxylation is 2. The van der Waals surface area contributed by atoms with Crippen LogP contribution < -0.4 is 15.8 Å². The lowest BCUT2D eigenvalue weighted by molar-refractivity contribution is 0.0984. The molecule has 0 radical (unpaired) electrons. The molecule has 0 bridgehead atoms. The molecule has 6 rings (SSSR count). The minimum Gasteiger partial charge on any atom is -0.336 e. The lowest BCUT2D eigenvalue weighted by atomic mass is 9.91. The van der Waals surface area contributed by atoms with E-state index in [1.165, 1.54) is 35.2 Å². The fourth-order valence-corrected chi connectivity index (χ4v) is 6.81. The van der Waals surface area contributed by atoms with E-state index >= 15 is 0 Å². The summed E-state index contributed by atoms with van der Waals surface area (Å²) in [6.45, 7) is 2.74. The number of rotatable bonds is 4. The Bertz CT molecular complexity index is 1540. The van der Waals surface area contributed by atoms with Crippen LogP contribution in [0.15, 0.2) is 53.8 Å². The first-order valence-corrected chi connectivity index (χ1v) is 13.1. The van der Waals surface area contributed by atoms with Crippen LogP contribution in [0.1, 0.15) is 44.1 Å². The largest absolute Gasteiger partial charge is 0.336 e. The number of anilines is 3. The first-order chi connectivity index (χ1) is 17.5. The van der Waals surface area contributed by atoms with Gasteiger partial charge in [-0.1, -0.05) is 12.1 Å². The van der Waals surface area contributed by atoms with Gasteiger partial charge in [-0.3, -0.25) is 9.59 Å². The molecule has 3 aromatic heterocycles. The third-order valence-corrected chi connectivity index (χ3v) is 8.56. The van der Waals surface area contributed by atoms with E-state index in [0.717, 1.165) is 46.5 Å². The molecule has 182 valence electrons. The van der Waals surface area contributed by atoms with E-state index in [-0.39, 0.29) is 11.5 Å². The highest BCUT2D eigenvalue weighted by atomic mass is 32.1. The van der Waals surface area contributed by atoms with Gasteiger partial charge in [-0.2, -0.15) is 0 Å². The average molecular weight is 498 g/mol. The zero-order valence-electron chi connectivity index (χ0n) is 20.4. The number of carbonyl (C=O) groups excluding carboxylic acids is 1. The van der Waals surface area contributed by atoms with Gasteiger partial charge in [0.15, 0.2) is 0 Å². The van der Waals surface area contributed by atoms with Crippen molar-refractivity contribution in [1.82, 2.24) is 14.5 Å². The molecular weight excluding hydrogens is 470 g/mol. The van der Waals surface area contributed by atoms with Gasteiger partial charge in [-0.25, -0.2) is 9.97 Å². The van der Waals surface area contributed by atoms with Gasteiger partial charge in [-0.15, -0.1) is 11.3 Å². The number of pyridine rings is 1. The number of hydrogen-bond donors (Lipinski definition) is 1. The second-order valence-corrected chi connectivity index (χ2v) is 10.6. The highest BCUT2D eigenvalue weighted by Gasteiger charge is 2.32. The molecule has 4 heterocycles. The van der Waals surface area contributed by atoms with Gasteiger partial charge in [0.1, 0.15) is 17.8 Å². The van der Waals surface area contributed by atoms with Crippen molar-refractivity contribution < 1.29 is 4.79 Å². The van der Waals surface area contributed by atoms with Crippen molar-refractivity contribution in [1.29, 1.82) is 0 Å². The predicted octanol–water partition coefficient (Wildman–Crippen LogP) is 5.04. The van der Waals surface area contributed by atoms with Crippen molar-refractivity contribution in [3.63, 3.8) is 0 Å². The quantitative estimate of drug-likeness (QED) is 0.427. The van der Waals surface area contributed by atoms with Crippen molar-refractivity contribution in [2.45, 2.75) is 39.0 Å². The number of carbonyl (C=O) groups is 1. The van der Waals surface area contributed by atoms with Gasteiger partial charge in [0, 0.05) is 42.1 Å². The summed E-state index contributed by atoms with van der Waals surface area (Å²) < 4.78 is 1.57. The van der Waals surface area contributed by atoms with Crippen LogP contribution >= 0.6 is 11.3 Å². The van der Waals surface area contributed by atoms with Crippen molar-refractivity contribution >= 4 is 34.4 Å². The van der Waals surface area contributed by atoms with E-state index in [2.05, 4.69) is 22.2 Å². The van der Waals surface area contributed by atoms with Gasteiger partial charge in [0.2, 0.25) is 0 Å². The van der Waals surface area contributed by atoms with Crippen molar-refractivity contribution in [3.8, 4) is 11.1 Å². The van der Waals surface area contributed by atoms with Crippen LogP contribution in [0.4, 0.5) is 17.2 Å². The molecule has 1 amide bonds. The SMILES string of the molecule is Cc1c(-c2cc(Nc3ccncn3)c(=O)n(C)c2)cccc1N1CCc2c(sc3c2CCCC3)C1=O. The highest BCUT2D eigenvalue weighted by molar-refractivity contribution is 7.14. The summed E-state index contributed by atoms with van der Waals surface area (Å²) >= 11 is 1.71. The van der Waals surface area contributed by atoms with E-state index in [4.69, 9.17) is 0 Å². The Morgan fingerprint density at radius 1 is 1.06 bits per heavy atom. The molecule has 1 aliphatic carbocycles. The number of nitrogens with zero attached hydrogens (tertiary/aromatic N) is 4. The second-order valence-electron chi connectivity index (χ2n) is 9.45. The Balaban J connectivity index is 1.37. The number of fused-ring (bicyclic) bond motifs is 3. The Hall–Kier alpha value is -3.78. The van der Waals surface area contributed by atoms with Gasteiger partial charge < -0.3 is 14.8 Å². The van der Waals surface area contributed by atoms with Crippen LogP contribution in [0.5, 0.6) is 0 Å². The average Bonchev–Trinajstić information content (AvgIpc) is 3.28. The van der Waals surface area contributed by atoms with Crippen LogP contribution in [0.25, 0.3) is 11.1 Å². The molecule has 1 N–H and O–H groups in total. The Labute approximate surface area is 213 Å². The third-order valence-electron chi connectivity index (χ3n) is 7.24. The number of amides is 1. The molecule has 0 fully saturated rings. The van der Waals surface area contributed by atoms with E-state index in [0.29, 0.717) is 18.1 Å². The number of aromatic nitrogens is 3. The summed E-state index contributed by atoms with van der Waals surface area (Å²) in [6, 6.07) is 9.62. The normalized spacial score (nSPS) is 14.9. The molecular formula is C28H27N5O2S. The third kappa shape index (κ3) is 3.82. The number of hydrogen-bond acceptors (Lipinski definition) is 6. The lowest BCUT2D eigenvalue weighted by Crippen LogP contribution is -2.37. The summed E-state index contributed by atoms with van der Waals surface area (Å²) in [5.74, 6) is 0.667. The molecule has 36 heavy (non-hydrogen) atoms. The Kier molecular flexibility index (Phi) is 5.68. The van der Waals surface area contributed by atoms with Crippen LogP contribution in [-0.2, 0) is 26.3 Å². The molecule has 0 spiro atoms. The van der Waals surface area contributed by atoms with Crippen molar-refractivity contribution in [2.24, 2.45) is 7.05 Å². The number of thiophene rings is 1. The van der Waals surface area contributed by atoms with Crippen molar-refractivity contribution in [3.05, 3.63) is 85.9 Å². The molecule has 0 saturated carbocycles. The fraction of sp³-hybridized carbons (Fsp3) is 0.286. The molecule has 8 heteroatoms. The van der Waals surface area contributed by atoms with Gasteiger partial charge in [0.05, 0.1) is 4.88 Å². The first kappa shape index (κ1) is 22.7. The molecule has 1 aromatic carbocycles. The van der Waals surface area contributed by atoms with Crippen LogP contribution in [0.3, 0.4) is 0 Å². The van der Waals surface area contributed by atoms with Crippen LogP contribution in [0, 0.1) is 6.92 Å². The summed E-state index contributed by atoms with van der Waals surface area (Å²) in [7, 11) is 1.74. The van der Waals surface area contributed by atoms with Crippen LogP contribution in [0.2, 0.25) is 0 Å². The zero-order valence-corrected chi connectivity index (χ0v) is 21.2. The van der Waals surface area contributed by atoms with Crippen LogP contribution in [-0.4, -0.2) is 27.0 Å². The predicted molar refractivity (Wildman–Crippen MR) is 144 cm³/mol.